The second-order valence-electron chi connectivity index (χ2n) is 5.36. The first-order valence-electron chi connectivity index (χ1n) is 6.98. The van der Waals surface area contributed by atoms with E-state index in [0.29, 0.717) is 29.8 Å². The van der Waals surface area contributed by atoms with Crippen molar-refractivity contribution in [3.05, 3.63) is 40.7 Å². The van der Waals surface area contributed by atoms with Gasteiger partial charge in [0.1, 0.15) is 5.75 Å². The molecule has 2 aromatic rings. The summed E-state index contributed by atoms with van der Waals surface area (Å²) < 4.78 is 40.7. The molecular formula is C15H14F3N3O2. The van der Waals surface area contributed by atoms with Crippen LogP contribution in [0.2, 0.25) is 0 Å². The number of ether oxygens (including phenoxy) is 1. The standard InChI is InChI=1S/C15H14F3N3O2/c1-8-13(9(2)20-19-8)21-6-5-10-7-11(23-15(16,17)18)3-4-12(10)14(21)22/h3-4,7H,5-6H2,1-2H3,(H,19,20). The third kappa shape index (κ3) is 2.88. The summed E-state index contributed by atoms with van der Waals surface area (Å²) in [6.07, 6.45) is -4.30. The van der Waals surface area contributed by atoms with Crippen molar-refractivity contribution in [3.8, 4) is 5.75 Å². The number of benzene rings is 1. The van der Waals surface area contributed by atoms with Gasteiger partial charge >= 0.3 is 6.36 Å². The number of aryl methyl sites for hydroxylation is 2. The van der Waals surface area contributed by atoms with E-state index in [9.17, 15) is 18.0 Å². The lowest BCUT2D eigenvalue weighted by Crippen LogP contribution is -2.38. The van der Waals surface area contributed by atoms with Crippen molar-refractivity contribution < 1.29 is 22.7 Å². The molecule has 0 unspecified atom stereocenters. The molecular weight excluding hydrogens is 311 g/mol. The zero-order chi connectivity index (χ0) is 16.8. The highest BCUT2D eigenvalue weighted by atomic mass is 19.4. The number of aromatic amines is 1. The van der Waals surface area contributed by atoms with Gasteiger partial charge in [-0.05, 0) is 44.0 Å². The van der Waals surface area contributed by atoms with Gasteiger partial charge in [-0.15, -0.1) is 13.2 Å². The Morgan fingerprint density at radius 2 is 2.04 bits per heavy atom. The molecule has 3 rings (SSSR count). The van der Waals surface area contributed by atoms with Gasteiger partial charge in [0.05, 0.1) is 17.1 Å². The van der Waals surface area contributed by atoms with Crippen LogP contribution < -0.4 is 9.64 Å². The van der Waals surface area contributed by atoms with E-state index >= 15 is 0 Å². The first-order valence-corrected chi connectivity index (χ1v) is 6.98. The number of hydrogen-bond donors (Lipinski definition) is 1. The molecule has 1 amide bonds. The number of aromatic nitrogens is 2. The van der Waals surface area contributed by atoms with E-state index in [-0.39, 0.29) is 11.7 Å². The van der Waals surface area contributed by atoms with E-state index in [4.69, 9.17) is 0 Å². The highest BCUT2D eigenvalue weighted by Crippen LogP contribution is 2.31. The number of carbonyl (C=O) groups excluding carboxylic acids is 1. The number of carbonyl (C=O) groups is 1. The predicted molar refractivity (Wildman–Crippen MR) is 76.6 cm³/mol. The summed E-state index contributed by atoms with van der Waals surface area (Å²) in [6, 6.07) is 3.80. The molecule has 122 valence electrons. The molecule has 0 saturated heterocycles. The summed E-state index contributed by atoms with van der Waals surface area (Å²) in [4.78, 5) is 14.2. The Hall–Kier alpha value is -2.51. The number of anilines is 1. The fourth-order valence-electron chi connectivity index (χ4n) is 2.82. The van der Waals surface area contributed by atoms with Gasteiger partial charge in [0.15, 0.2) is 0 Å². The third-order valence-corrected chi connectivity index (χ3v) is 3.75. The zero-order valence-electron chi connectivity index (χ0n) is 12.5. The molecule has 0 bridgehead atoms. The minimum Gasteiger partial charge on any atom is -0.406 e. The molecule has 2 heterocycles. The van der Waals surface area contributed by atoms with Crippen LogP contribution in [0.15, 0.2) is 18.2 Å². The van der Waals surface area contributed by atoms with E-state index in [2.05, 4.69) is 14.9 Å². The molecule has 0 fully saturated rings. The minimum absolute atomic E-state index is 0.252. The molecule has 1 N–H and O–H groups in total. The number of halogens is 3. The van der Waals surface area contributed by atoms with E-state index in [1.807, 2.05) is 6.92 Å². The fraction of sp³-hybridized carbons (Fsp3) is 0.333. The van der Waals surface area contributed by atoms with Gasteiger partial charge in [-0.2, -0.15) is 5.10 Å². The lowest BCUT2D eigenvalue weighted by atomic mass is 9.98. The molecule has 1 aromatic heterocycles. The van der Waals surface area contributed by atoms with Crippen LogP contribution in [0.3, 0.4) is 0 Å². The Bertz CT molecular complexity index is 748. The number of nitrogens with zero attached hydrogens (tertiary/aromatic N) is 2. The Balaban J connectivity index is 1.92. The van der Waals surface area contributed by atoms with Gasteiger partial charge in [0, 0.05) is 12.1 Å². The molecule has 1 aliphatic heterocycles. The van der Waals surface area contributed by atoms with Gasteiger partial charge in [0.2, 0.25) is 0 Å². The lowest BCUT2D eigenvalue weighted by Gasteiger charge is -2.29. The van der Waals surface area contributed by atoms with Gasteiger partial charge in [0.25, 0.3) is 5.91 Å². The molecule has 0 saturated carbocycles. The summed E-state index contributed by atoms with van der Waals surface area (Å²) in [5.41, 5.74) is 3.13. The van der Waals surface area contributed by atoms with Crippen molar-refractivity contribution in [2.24, 2.45) is 0 Å². The van der Waals surface area contributed by atoms with E-state index in [1.54, 1.807) is 11.8 Å². The summed E-state index contributed by atoms with van der Waals surface area (Å²) in [7, 11) is 0. The summed E-state index contributed by atoms with van der Waals surface area (Å²) in [6.45, 7) is 3.99. The van der Waals surface area contributed by atoms with Crippen LogP contribution in [0, 0.1) is 13.8 Å². The van der Waals surface area contributed by atoms with Crippen molar-refractivity contribution in [1.82, 2.24) is 10.2 Å². The molecule has 0 atom stereocenters. The molecule has 23 heavy (non-hydrogen) atoms. The maximum atomic E-state index is 12.6. The Morgan fingerprint density at radius 3 is 2.65 bits per heavy atom. The Labute approximate surface area is 130 Å². The van der Waals surface area contributed by atoms with Gasteiger partial charge in [-0.1, -0.05) is 0 Å². The maximum Gasteiger partial charge on any atom is 0.573 e. The zero-order valence-corrected chi connectivity index (χ0v) is 12.5. The highest BCUT2D eigenvalue weighted by molar-refractivity contribution is 6.08. The van der Waals surface area contributed by atoms with Crippen LogP contribution in [0.4, 0.5) is 18.9 Å². The van der Waals surface area contributed by atoms with Gasteiger partial charge in [-0.25, -0.2) is 0 Å². The molecule has 1 aliphatic rings. The molecule has 0 spiro atoms. The molecule has 5 nitrogen and oxygen atoms in total. The predicted octanol–water partition coefficient (Wildman–Crippen LogP) is 3.13. The monoisotopic (exact) mass is 325 g/mol. The quantitative estimate of drug-likeness (QED) is 0.923. The van der Waals surface area contributed by atoms with E-state index < -0.39 is 6.36 Å². The number of fused-ring (bicyclic) bond motifs is 1. The second kappa shape index (κ2) is 5.29. The average molecular weight is 325 g/mol. The fourth-order valence-corrected chi connectivity index (χ4v) is 2.82. The van der Waals surface area contributed by atoms with Crippen LogP contribution in [0.5, 0.6) is 5.75 Å². The van der Waals surface area contributed by atoms with Crippen LogP contribution >= 0.6 is 0 Å². The van der Waals surface area contributed by atoms with Crippen LogP contribution in [0.25, 0.3) is 0 Å². The number of H-pyrrole nitrogens is 1. The second-order valence-corrected chi connectivity index (χ2v) is 5.36. The maximum absolute atomic E-state index is 12.6. The van der Waals surface area contributed by atoms with E-state index in [0.717, 1.165) is 17.4 Å². The van der Waals surface area contributed by atoms with Crippen LogP contribution in [0.1, 0.15) is 27.3 Å². The summed E-state index contributed by atoms with van der Waals surface area (Å²) in [5.74, 6) is -0.564. The molecule has 8 heteroatoms. The number of alkyl halides is 3. The smallest absolute Gasteiger partial charge is 0.406 e. The number of amides is 1. The van der Waals surface area contributed by atoms with Crippen molar-refractivity contribution in [2.75, 3.05) is 11.4 Å². The SMILES string of the molecule is Cc1n[nH]c(C)c1N1CCc2cc(OC(F)(F)F)ccc2C1=O. The van der Waals surface area contributed by atoms with Crippen molar-refractivity contribution in [3.63, 3.8) is 0 Å². The van der Waals surface area contributed by atoms with Crippen LogP contribution in [-0.2, 0) is 6.42 Å². The van der Waals surface area contributed by atoms with Crippen molar-refractivity contribution in [2.45, 2.75) is 26.6 Å². The topological polar surface area (TPSA) is 58.2 Å². The number of hydrogen-bond acceptors (Lipinski definition) is 3. The largest absolute Gasteiger partial charge is 0.573 e. The first-order chi connectivity index (χ1) is 10.8. The lowest BCUT2D eigenvalue weighted by molar-refractivity contribution is -0.274. The molecule has 0 aliphatic carbocycles. The average Bonchev–Trinajstić information content (AvgIpc) is 2.77. The molecule has 0 radical (unpaired) electrons. The highest BCUT2D eigenvalue weighted by Gasteiger charge is 2.33. The van der Waals surface area contributed by atoms with Crippen LogP contribution in [-0.4, -0.2) is 29.0 Å². The summed E-state index contributed by atoms with van der Waals surface area (Å²) >= 11 is 0. The van der Waals surface area contributed by atoms with Crippen molar-refractivity contribution >= 4 is 11.6 Å². The van der Waals surface area contributed by atoms with Gasteiger partial charge < -0.3 is 9.64 Å². The van der Waals surface area contributed by atoms with Gasteiger partial charge in [-0.3, -0.25) is 9.89 Å². The molecule has 1 aromatic carbocycles. The third-order valence-electron chi connectivity index (χ3n) is 3.75. The number of nitrogens with one attached hydrogen (secondary N) is 1. The minimum atomic E-state index is -4.75. The number of rotatable bonds is 2. The first kappa shape index (κ1) is 15.4. The normalized spacial score (nSPS) is 14.8. The van der Waals surface area contributed by atoms with E-state index in [1.165, 1.54) is 12.1 Å². The summed E-state index contributed by atoms with van der Waals surface area (Å²) in [5, 5.41) is 6.90. The van der Waals surface area contributed by atoms with Crippen molar-refractivity contribution in [1.29, 1.82) is 0 Å². The Morgan fingerprint density at radius 1 is 1.30 bits per heavy atom. The Kier molecular flexibility index (Phi) is 3.54.